The van der Waals surface area contributed by atoms with Crippen molar-refractivity contribution in [1.29, 1.82) is 0 Å². The van der Waals surface area contributed by atoms with Crippen LogP contribution in [0.25, 0.3) is 0 Å². The standard InChI is InChI=1S/C9H12Cl2/c1-2-3-4-5-6-7-8-9(10)11/h3,5-7,9H,2,8H2,1H3/b7-6+. The molecule has 0 fully saturated rings. The summed E-state index contributed by atoms with van der Waals surface area (Å²) in [6.45, 7) is 2.07. The SMILES string of the molecule is CCC=C=C/C=C/CC(Cl)Cl. The van der Waals surface area contributed by atoms with Crippen molar-refractivity contribution in [2.24, 2.45) is 0 Å². The molecule has 0 saturated carbocycles. The third-order valence-electron chi connectivity index (χ3n) is 0.965. The van der Waals surface area contributed by atoms with E-state index < -0.39 is 0 Å². The molecule has 0 saturated heterocycles. The Morgan fingerprint density at radius 3 is 2.73 bits per heavy atom. The molecule has 62 valence electrons. The first-order valence-electron chi connectivity index (χ1n) is 3.61. The fourth-order valence-electron chi connectivity index (χ4n) is 0.491. The summed E-state index contributed by atoms with van der Waals surface area (Å²) in [5, 5.41) is 0. The maximum absolute atomic E-state index is 5.49. The van der Waals surface area contributed by atoms with E-state index >= 15 is 0 Å². The summed E-state index contributed by atoms with van der Waals surface area (Å²) in [6.07, 6.45) is 9.32. The van der Waals surface area contributed by atoms with Crippen LogP contribution < -0.4 is 0 Å². The maximum Gasteiger partial charge on any atom is 0.111 e. The number of rotatable bonds is 4. The van der Waals surface area contributed by atoms with Crippen LogP contribution in [0, 0.1) is 0 Å². The van der Waals surface area contributed by atoms with Gasteiger partial charge in [0, 0.05) is 0 Å². The van der Waals surface area contributed by atoms with E-state index in [0.717, 1.165) is 6.42 Å². The summed E-state index contributed by atoms with van der Waals surface area (Å²) >= 11 is 11.0. The predicted octanol–water partition coefficient (Wildman–Crippen LogP) is 3.86. The Labute approximate surface area is 78.2 Å². The molecule has 2 heteroatoms. The van der Waals surface area contributed by atoms with Crippen molar-refractivity contribution in [3.8, 4) is 0 Å². The predicted molar refractivity (Wildman–Crippen MR) is 52.2 cm³/mol. The van der Waals surface area contributed by atoms with E-state index in [2.05, 4.69) is 12.7 Å². The second-order valence-electron chi connectivity index (χ2n) is 2.00. The summed E-state index contributed by atoms with van der Waals surface area (Å²) in [7, 11) is 0. The summed E-state index contributed by atoms with van der Waals surface area (Å²) in [5.74, 6) is 0. The quantitative estimate of drug-likeness (QED) is 0.359. The molecule has 0 nitrogen and oxygen atoms in total. The zero-order valence-corrected chi connectivity index (χ0v) is 8.07. The summed E-state index contributed by atoms with van der Waals surface area (Å²) in [5.41, 5.74) is 2.99. The Kier molecular flexibility index (Phi) is 7.83. The Bertz CT molecular complexity index is 162. The minimum absolute atomic E-state index is 0.296. The molecule has 0 heterocycles. The van der Waals surface area contributed by atoms with Crippen molar-refractivity contribution in [2.45, 2.75) is 24.6 Å². The van der Waals surface area contributed by atoms with Crippen LogP contribution >= 0.6 is 23.2 Å². The van der Waals surface area contributed by atoms with Crippen LogP contribution in [-0.4, -0.2) is 4.84 Å². The number of alkyl halides is 2. The van der Waals surface area contributed by atoms with Gasteiger partial charge in [-0.25, -0.2) is 0 Å². The van der Waals surface area contributed by atoms with Crippen LogP contribution in [0.1, 0.15) is 19.8 Å². The fourth-order valence-corrected chi connectivity index (χ4v) is 0.697. The molecule has 0 unspecified atom stereocenters. The highest BCUT2D eigenvalue weighted by molar-refractivity contribution is 6.44. The molecular formula is C9H12Cl2. The van der Waals surface area contributed by atoms with Gasteiger partial charge in [0.1, 0.15) is 4.84 Å². The molecule has 0 amide bonds. The van der Waals surface area contributed by atoms with Crippen LogP contribution in [0.4, 0.5) is 0 Å². The Hall–Kier alpha value is -0.160. The first-order chi connectivity index (χ1) is 5.27. The lowest BCUT2D eigenvalue weighted by Gasteiger charge is -1.88. The van der Waals surface area contributed by atoms with Crippen LogP contribution in [0.3, 0.4) is 0 Å². The fraction of sp³-hybridized carbons (Fsp3) is 0.444. The molecule has 0 N–H and O–H groups in total. The van der Waals surface area contributed by atoms with Gasteiger partial charge in [-0.2, -0.15) is 0 Å². The number of halogens is 2. The minimum atomic E-state index is -0.296. The average Bonchev–Trinajstić information content (AvgIpc) is 1.96. The van der Waals surface area contributed by atoms with E-state index in [0.29, 0.717) is 6.42 Å². The summed E-state index contributed by atoms with van der Waals surface area (Å²) in [4.78, 5) is -0.296. The van der Waals surface area contributed by atoms with Gasteiger partial charge in [0.15, 0.2) is 0 Å². The Morgan fingerprint density at radius 2 is 2.18 bits per heavy atom. The second kappa shape index (κ2) is 7.94. The molecular weight excluding hydrogens is 179 g/mol. The van der Waals surface area contributed by atoms with Crippen LogP contribution in [-0.2, 0) is 0 Å². The molecule has 0 spiro atoms. The molecule has 0 bridgehead atoms. The van der Waals surface area contributed by atoms with E-state index in [1.165, 1.54) is 0 Å². The molecule has 0 aromatic heterocycles. The molecule has 0 aliphatic heterocycles. The van der Waals surface area contributed by atoms with E-state index in [1.54, 1.807) is 0 Å². The molecule has 0 aromatic rings. The van der Waals surface area contributed by atoms with Gasteiger partial charge in [-0.1, -0.05) is 19.1 Å². The van der Waals surface area contributed by atoms with Gasteiger partial charge >= 0.3 is 0 Å². The van der Waals surface area contributed by atoms with Crippen molar-refractivity contribution < 1.29 is 0 Å². The average molecular weight is 191 g/mol. The smallest absolute Gasteiger partial charge is 0.111 e. The van der Waals surface area contributed by atoms with E-state index in [4.69, 9.17) is 23.2 Å². The third-order valence-corrected chi connectivity index (χ3v) is 1.32. The monoisotopic (exact) mass is 190 g/mol. The minimum Gasteiger partial charge on any atom is -0.125 e. The molecule has 0 radical (unpaired) electrons. The van der Waals surface area contributed by atoms with Gasteiger partial charge in [0.2, 0.25) is 0 Å². The zero-order valence-electron chi connectivity index (χ0n) is 6.56. The summed E-state index contributed by atoms with van der Waals surface area (Å²) < 4.78 is 0. The lowest BCUT2D eigenvalue weighted by molar-refractivity contribution is 1.16. The number of allylic oxidation sites excluding steroid dienone is 3. The number of hydrogen-bond donors (Lipinski definition) is 0. The highest BCUT2D eigenvalue weighted by atomic mass is 35.5. The van der Waals surface area contributed by atoms with Crippen molar-refractivity contribution in [3.05, 3.63) is 30.0 Å². The molecule has 0 aromatic carbocycles. The van der Waals surface area contributed by atoms with Crippen molar-refractivity contribution in [1.82, 2.24) is 0 Å². The van der Waals surface area contributed by atoms with Gasteiger partial charge in [0.05, 0.1) is 0 Å². The van der Waals surface area contributed by atoms with Crippen molar-refractivity contribution in [3.63, 3.8) is 0 Å². The summed E-state index contributed by atoms with van der Waals surface area (Å²) in [6, 6.07) is 0. The van der Waals surface area contributed by atoms with E-state index in [1.807, 2.05) is 24.3 Å². The van der Waals surface area contributed by atoms with Gasteiger partial charge in [0.25, 0.3) is 0 Å². The normalized spacial score (nSPS) is 10.2. The van der Waals surface area contributed by atoms with E-state index in [9.17, 15) is 0 Å². The molecule has 0 aliphatic rings. The largest absolute Gasteiger partial charge is 0.125 e. The first-order valence-corrected chi connectivity index (χ1v) is 4.49. The second-order valence-corrected chi connectivity index (χ2v) is 3.28. The topological polar surface area (TPSA) is 0 Å². The van der Waals surface area contributed by atoms with Crippen LogP contribution in [0.5, 0.6) is 0 Å². The lowest BCUT2D eigenvalue weighted by Crippen LogP contribution is -1.79. The van der Waals surface area contributed by atoms with Gasteiger partial charge in [-0.15, -0.1) is 28.9 Å². The molecule has 0 aliphatic carbocycles. The Morgan fingerprint density at radius 1 is 1.45 bits per heavy atom. The Balaban J connectivity index is 3.52. The van der Waals surface area contributed by atoms with Crippen LogP contribution in [0.15, 0.2) is 30.0 Å². The zero-order chi connectivity index (χ0) is 8.53. The van der Waals surface area contributed by atoms with Crippen molar-refractivity contribution >= 4 is 23.2 Å². The third kappa shape index (κ3) is 9.84. The number of hydrogen-bond acceptors (Lipinski definition) is 0. The molecule has 0 rings (SSSR count). The molecule has 0 atom stereocenters. The highest BCUT2D eigenvalue weighted by Gasteiger charge is 1.90. The first kappa shape index (κ1) is 10.8. The van der Waals surface area contributed by atoms with Gasteiger partial charge in [-0.3, -0.25) is 0 Å². The highest BCUT2D eigenvalue weighted by Crippen LogP contribution is 2.06. The van der Waals surface area contributed by atoms with E-state index in [-0.39, 0.29) is 4.84 Å². The van der Waals surface area contributed by atoms with Crippen molar-refractivity contribution in [2.75, 3.05) is 0 Å². The maximum atomic E-state index is 5.49. The van der Waals surface area contributed by atoms with Gasteiger partial charge < -0.3 is 0 Å². The van der Waals surface area contributed by atoms with Crippen LogP contribution in [0.2, 0.25) is 0 Å². The molecule has 11 heavy (non-hydrogen) atoms. The lowest BCUT2D eigenvalue weighted by atomic mass is 10.4. The van der Waals surface area contributed by atoms with Gasteiger partial charge in [-0.05, 0) is 25.0 Å².